The van der Waals surface area contributed by atoms with Gasteiger partial charge in [-0.1, -0.05) is 31.0 Å². The van der Waals surface area contributed by atoms with Crippen molar-refractivity contribution in [1.29, 1.82) is 0 Å². The smallest absolute Gasteiger partial charge is 0.330 e. The number of fused-ring (bicyclic) bond motifs is 1. The number of aliphatic carboxylic acids is 1. The number of hydrogen-bond donors (Lipinski definition) is 2. The van der Waals surface area contributed by atoms with E-state index in [0.717, 1.165) is 24.0 Å². The van der Waals surface area contributed by atoms with Crippen LogP contribution in [0.1, 0.15) is 48.4 Å². The molecule has 3 unspecified atom stereocenters. The lowest BCUT2D eigenvalue weighted by Gasteiger charge is -2.18. The SMILES string of the molecule is Cc1cccc(C(NC(=O)C2C3CCCCC32)C(=O)O)c1C. The highest BCUT2D eigenvalue weighted by Gasteiger charge is 2.55. The van der Waals surface area contributed by atoms with E-state index in [-0.39, 0.29) is 11.8 Å². The number of hydrogen-bond acceptors (Lipinski definition) is 2. The number of carbonyl (C=O) groups excluding carboxylic acids is 1. The van der Waals surface area contributed by atoms with Gasteiger partial charge in [-0.05, 0) is 55.2 Å². The van der Waals surface area contributed by atoms with E-state index in [2.05, 4.69) is 5.32 Å². The Balaban J connectivity index is 1.76. The second kappa shape index (κ2) is 5.75. The van der Waals surface area contributed by atoms with Crippen LogP contribution in [0, 0.1) is 31.6 Å². The van der Waals surface area contributed by atoms with Crippen LogP contribution in [0.3, 0.4) is 0 Å². The zero-order valence-electron chi connectivity index (χ0n) is 13.1. The Kier molecular flexibility index (Phi) is 3.94. The second-order valence-corrected chi connectivity index (χ2v) is 6.71. The van der Waals surface area contributed by atoms with Gasteiger partial charge in [-0.15, -0.1) is 0 Å². The van der Waals surface area contributed by atoms with Crippen LogP contribution in [-0.4, -0.2) is 17.0 Å². The first-order valence-corrected chi connectivity index (χ1v) is 8.10. The molecule has 1 aromatic carbocycles. The van der Waals surface area contributed by atoms with E-state index in [0.29, 0.717) is 17.4 Å². The Morgan fingerprint density at radius 2 is 1.82 bits per heavy atom. The van der Waals surface area contributed by atoms with Gasteiger partial charge >= 0.3 is 5.97 Å². The molecule has 2 aliphatic carbocycles. The molecule has 3 atom stereocenters. The van der Waals surface area contributed by atoms with Crippen molar-refractivity contribution in [2.24, 2.45) is 17.8 Å². The maximum atomic E-state index is 12.5. The van der Waals surface area contributed by atoms with E-state index in [9.17, 15) is 14.7 Å². The summed E-state index contributed by atoms with van der Waals surface area (Å²) in [6.45, 7) is 3.86. The molecule has 0 saturated heterocycles. The molecule has 1 amide bonds. The van der Waals surface area contributed by atoms with Crippen molar-refractivity contribution in [3.8, 4) is 0 Å². The molecule has 2 aliphatic rings. The quantitative estimate of drug-likeness (QED) is 0.898. The van der Waals surface area contributed by atoms with Gasteiger partial charge in [0.1, 0.15) is 0 Å². The average molecular weight is 301 g/mol. The second-order valence-electron chi connectivity index (χ2n) is 6.71. The highest BCUT2D eigenvalue weighted by Crippen LogP contribution is 2.55. The minimum atomic E-state index is -0.995. The van der Waals surface area contributed by atoms with Crippen LogP contribution >= 0.6 is 0 Å². The van der Waals surface area contributed by atoms with Crippen molar-refractivity contribution >= 4 is 11.9 Å². The monoisotopic (exact) mass is 301 g/mol. The van der Waals surface area contributed by atoms with Crippen molar-refractivity contribution < 1.29 is 14.7 Å². The summed E-state index contributed by atoms with van der Waals surface area (Å²) in [5.41, 5.74) is 2.66. The number of rotatable bonds is 4. The van der Waals surface area contributed by atoms with E-state index in [1.807, 2.05) is 26.0 Å². The lowest BCUT2D eigenvalue weighted by molar-refractivity contribution is -0.142. The van der Waals surface area contributed by atoms with Crippen LogP contribution in [-0.2, 0) is 9.59 Å². The largest absolute Gasteiger partial charge is 0.479 e. The molecule has 22 heavy (non-hydrogen) atoms. The van der Waals surface area contributed by atoms with Crippen LogP contribution in [0.4, 0.5) is 0 Å². The van der Waals surface area contributed by atoms with Gasteiger partial charge in [0.2, 0.25) is 5.91 Å². The molecule has 1 aromatic rings. The number of nitrogens with one attached hydrogen (secondary N) is 1. The average Bonchev–Trinajstić information content (AvgIpc) is 3.22. The molecule has 0 aromatic heterocycles. The Morgan fingerprint density at radius 1 is 1.18 bits per heavy atom. The van der Waals surface area contributed by atoms with Crippen LogP contribution in [0.25, 0.3) is 0 Å². The molecule has 4 nitrogen and oxygen atoms in total. The van der Waals surface area contributed by atoms with Crippen molar-refractivity contribution in [1.82, 2.24) is 5.32 Å². The van der Waals surface area contributed by atoms with E-state index >= 15 is 0 Å². The molecule has 0 radical (unpaired) electrons. The molecule has 2 N–H and O–H groups in total. The Labute approximate surface area is 130 Å². The first-order chi connectivity index (χ1) is 10.5. The van der Waals surface area contributed by atoms with E-state index in [4.69, 9.17) is 0 Å². The highest BCUT2D eigenvalue weighted by atomic mass is 16.4. The highest BCUT2D eigenvalue weighted by molar-refractivity contribution is 5.88. The third-order valence-corrected chi connectivity index (χ3v) is 5.45. The molecular formula is C18H23NO3. The Morgan fingerprint density at radius 3 is 2.41 bits per heavy atom. The maximum Gasteiger partial charge on any atom is 0.330 e. The first kappa shape index (κ1) is 15.1. The topological polar surface area (TPSA) is 66.4 Å². The number of carboxylic acid groups (broad SMARTS) is 1. The predicted molar refractivity (Wildman–Crippen MR) is 83.4 cm³/mol. The molecule has 3 rings (SSSR count). The first-order valence-electron chi connectivity index (χ1n) is 8.10. The molecule has 4 heteroatoms. The Hall–Kier alpha value is -1.84. The van der Waals surface area contributed by atoms with Crippen LogP contribution in [0.15, 0.2) is 18.2 Å². The van der Waals surface area contributed by atoms with Gasteiger partial charge in [-0.25, -0.2) is 4.79 Å². The van der Waals surface area contributed by atoms with Crippen molar-refractivity contribution in [3.63, 3.8) is 0 Å². The van der Waals surface area contributed by atoms with E-state index in [1.54, 1.807) is 6.07 Å². The fourth-order valence-electron chi connectivity index (χ4n) is 3.98. The minimum Gasteiger partial charge on any atom is -0.479 e. The van der Waals surface area contributed by atoms with Crippen LogP contribution < -0.4 is 5.32 Å². The summed E-state index contributed by atoms with van der Waals surface area (Å²) >= 11 is 0. The molecular weight excluding hydrogens is 278 g/mol. The van der Waals surface area contributed by atoms with Gasteiger partial charge in [0, 0.05) is 5.92 Å². The fourth-order valence-corrected chi connectivity index (χ4v) is 3.98. The molecule has 118 valence electrons. The van der Waals surface area contributed by atoms with Crippen LogP contribution in [0.5, 0.6) is 0 Å². The van der Waals surface area contributed by atoms with Crippen LogP contribution in [0.2, 0.25) is 0 Å². The van der Waals surface area contributed by atoms with Gasteiger partial charge in [-0.3, -0.25) is 4.79 Å². The third-order valence-electron chi connectivity index (χ3n) is 5.45. The molecule has 0 bridgehead atoms. The number of aryl methyl sites for hydroxylation is 1. The van der Waals surface area contributed by atoms with Gasteiger partial charge in [0.15, 0.2) is 6.04 Å². The summed E-state index contributed by atoms with van der Waals surface area (Å²) in [5.74, 6) is -0.0612. The van der Waals surface area contributed by atoms with Gasteiger partial charge in [0.05, 0.1) is 0 Å². The fraction of sp³-hybridized carbons (Fsp3) is 0.556. The van der Waals surface area contributed by atoms with Gasteiger partial charge in [0.25, 0.3) is 0 Å². The van der Waals surface area contributed by atoms with Gasteiger partial charge < -0.3 is 10.4 Å². The zero-order valence-corrected chi connectivity index (χ0v) is 13.1. The summed E-state index contributed by atoms with van der Waals surface area (Å²) in [6.07, 6.45) is 4.63. The van der Waals surface area contributed by atoms with Crippen molar-refractivity contribution in [2.75, 3.05) is 0 Å². The standard InChI is InChI=1S/C18H23NO3/c1-10-6-5-9-12(11(10)2)16(18(21)22)19-17(20)15-13-7-3-4-8-14(13)15/h5-6,9,13-16H,3-4,7-8H2,1-2H3,(H,19,20)(H,21,22). The number of carbonyl (C=O) groups is 2. The molecule has 0 aliphatic heterocycles. The lowest BCUT2D eigenvalue weighted by atomic mass is 9.97. The third kappa shape index (κ3) is 2.62. The lowest BCUT2D eigenvalue weighted by Crippen LogP contribution is -2.35. The minimum absolute atomic E-state index is 0.0365. The molecule has 2 saturated carbocycles. The maximum absolute atomic E-state index is 12.5. The van der Waals surface area contributed by atoms with Crippen molar-refractivity contribution in [3.05, 3.63) is 34.9 Å². The Bertz CT molecular complexity index is 598. The zero-order chi connectivity index (χ0) is 15.9. The van der Waals surface area contributed by atoms with E-state index in [1.165, 1.54) is 12.8 Å². The molecule has 2 fully saturated rings. The summed E-state index contributed by atoms with van der Waals surface area (Å²) in [4.78, 5) is 24.1. The molecule has 0 heterocycles. The number of carboxylic acids is 1. The number of amides is 1. The normalized spacial score (nSPS) is 27.6. The summed E-state index contributed by atoms with van der Waals surface area (Å²) in [5, 5.41) is 12.3. The summed E-state index contributed by atoms with van der Waals surface area (Å²) < 4.78 is 0. The number of benzene rings is 1. The van der Waals surface area contributed by atoms with E-state index < -0.39 is 12.0 Å². The summed E-state index contributed by atoms with van der Waals surface area (Å²) in [6, 6.07) is 4.64. The summed E-state index contributed by atoms with van der Waals surface area (Å²) in [7, 11) is 0. The predicted octanol–water partition coefficient (Wildman–Crippen LogP) is 2.98. The van der Waals surface area contributed by atoms with Gasteiger partial charge in [-0.2, -0.15) is 0 Å². The van der Waals surface area contributed by atoms with Crippen molar-refractivity contribution in [2.45, 2.75) is 45.6 Å². The molecule has 0 spiro atoms.